The molecular weight excluding hydrogens is 396 g/mol. The van der Waals surface area contributed by atoms with E-state index in [2.05, 4.69) is 20.6 Å². The summed E-state index contributed by atoms with van der Waals surface area (Å²) in [5.74, 6) is -1.40. The average molecular weight is 418 g/mol. The van der Waals surface area contributed by atoms with Gasteiger partial charge in [0.15, 0.2) is 6.61 Å². The van der Waals surface area contributed by atoms with Crippen LogP contribution in [-0.4, -0.2) is 40.4 Å². The van der Waals surface area contributed by atoms with Gasteiger partial charge in [0.1, 0.15) is 0 Å². The molecule has 1 aliphatic carbocycles. The van der Waals surface area contributed by atoms with Crippen LogP contribution >= 0.6 is 0 Å². The van der Waals surface area contributed by atoms with Gasteiger partial charge in [-0.3, -0.25) is 19.6 Å². The second kappa shape index (κ2) is 9.34. The summed E-state index contributed by atoms with van der Waals surface area (Å²) in [5.41, 5.74) is 2.24. The molecule has 1 aliphatic rings. The summed E-state index contributed by atoms with van der Waals surface area (Å²) in [6.45, 7) is -0.476. The van der Waals surface area contributed by atoms with Crippen molar-refractivity contribution in [1.82, 2.24) is 15.3 Å². The Balaban J connectivity index is 1.36. The highest BCUT2D eigenvalue weighted by Gasteiger charge is 2.20. The number of ether oxygens (including phenoxy) is 1. The van der Waals surface area contributed by atoms with Crippen LogP contribution < -0.4 is 10.6 Å². The Bertz CT molecular complexity index is 1130. The van der Waals surface area contributed by atoms with Gasteiger partial charge in [-0.1, -0.05) is 25.0 Å². The SMILES string of the molecule is O=C(COC(=O)c1ccc2nccnc2c1)Nc1ccccc1C(=O)NC1CCCC1. The third-order valence-electron chi connectivity index (χ3n) is 5.18. The second-order valence-corrected chi connectivity index (χ2v) is 7.38. The highest BCUT2D eigenvalue weighted by Crippen LogP contribution is 2.20. The normalized spacial score (nSPS) is 13.7. The molecular formula is C23H22N4O4. The van der Waals surface area contributed by atoms with Crippen LogP contribution in [0.15, 0.2) is 54.9 Å². The largest absolute Gasteiger partial charge is 0.452 e. The maximum atomic E-state index is 12.6. The molecule has 8 heteroatoms. The molecule has 8 nitrogen and oxygen atoms in total. The molecule has 0 radical (unpaired) electrons. The van der Waals surface area contributed by atoms with Gasteiger partial charge in [-0.25, -0.2) is 4.79 Å². The predicted octanol–water partition coefficient (Wildman–Crippen LogP) is 3.10. The van der Waals surface area contributed by atoms with Gasteiger partial charge in [0, 0.05) is 18.4 Å². The molecule has 2 aromatic carbocycles. The van der Waals surface area contributed by atoms with Crippen LogP contribution in [0.2, 0.25) is 0 Å². The molecule has 0 atom stereocenters. The molecule has 31 heavy (non-hydrogen) atoms. The van der Waals surface area contributed by atoms with Gasteiger partial charge in [-0.2, -0.15) is 0 Å². The van der Waals surface area contributed by atoms with Gasteiger partial charge < -0.3 is 15.4 Å². The maximum absolute atomic E-state index is 12.6. The molecule has 1 saturated carbocycles. The Hall–Kier alpha value is -3.81. The van der Waals surface area contributed by atoms with Crippen LogP contribution in [0, 0.1) is 0 Å². The fourth-order valence-electron chi connectivity index (χ4n) is 3.61. The quantitative estimate of drug-likeness (QED) is 0.595. The first-order valence-electron chi connectivity index (χ1n) is 10.2. The van der Waals surface area contributed by atoms with Crippen LogP contribution in [0.1, 0.15) is 46.4 Å². The van der Waals surface area contributed by atoms with Gasteiger partial charge in [-0.05, 0) is 43.2 Å². The predicted molar refractivity (Wildman–Crippen MR) is 115 cm³/mol. The monoisotopic (exact) mass is 418 g/mol. The number of amides is 2. The molecule has 1 fully saturated rings. The molecule has 2 N–H and O–H groups in total. The van der Waals surface area contributed by atoms with Crippen molar-refractivity contribution in [2.24, 2.45) is 0 Å². The lowest BCUT2D eigenvalue weighted by atomic mass is 10.1. The zero-order chi connectivity index (χ0) is 21.6. The summed E-state index contributed by atoms with van der Waals surface area (Å²) in [7, 11) is 0. The van der Waals surface area contributed by atoms with E-state index in [4.69, 9.17) is 4.74 Å². The number of carbonyl (C=O) groups is 3. The minimum atomic E-state index is -0.644. The Labute approximate surface area is 179 Å². The van der Waals surface area contributed by atoms with E-state index in [0.29, 0.717) is 22.3 Å². The molecule has 3 aromatic rings. The average Bonchev–Trinajstić information content (AvgIpc) is 3.30. The van der Waals surface area contributed by atoms with Crippen LogP contribution in [0.3, 0.4) is 0 Å². The topological polar surface area (TPSA) is 110 Å². The zero-order valence-corrected chi connectivity index (χ0v) is 16.8. The summed E-state index contributed by atoms with van der Waals surface area (Å²) in [6.07, 6.45) is 7.26. The van der Waals surface area contributed by atoms with Crippen molar-refractivity contribution in [3.05, 3.63) is 66.0 Å². The molecule has 1 heterocycles. The number of hydrogen-bond donors (Lipinski definition) is 2. The van der Waals surface area contributed by atoms with E-state index in [0.717, 1.165) is 25.7 Å². The summed E-state index contributed by atoms with van der Waals surface area (Å²) >= 11 is 0. The molecule has 158 valence electrons. The number of nitrogens with one attached hydrogen (secondary N) is 2. The maximum Gasteiger partial charge on any atom is 0.338 e. The number of hydrogen-bond acceptors (Lipinski definition) is 6. The van der Waals surface area contributed by atoms with E-state index in [1.165, 1.54) is 6.20 Å². The van der Waals surface area contributed by atoms with Crippen molar-refractivity contribution in [3.8, 4) is 0 Å². The van der Waals surface area contributed by atoms with Crippen LogP contribution in [0.4, 0.5) is 5.69 Å². The molecule has 4 rings (SSSR count). The summed E-state index contributed by atoms with van der Waals surface area (Å²) in [6, 6.07) is 11.7. The minimum Gasteiger partial charge on any atom is -0.452 e. The second-order valence-electron chi connectivity index (χ2n) is 7.38. The number of benzene rings is 2. The Morgan fingerprint density at radius 2 is 1.71 bits per heavy atom. The standard InChI is InChI=1S/C23H22N4O4/c28-21(14-31-23(30)15-9-10-19-20(13-15)25-12-11-24-19)27-18-8-4-3-7-17(18)22(29)26-16-5-1-2-6-16/h3-4,7-13,16H,1-2,5-6,14H2,(H,26,29)(H,27,28). The zero-order valence-electron chi connectivity index (χ0n) is 16.8. The van der Waals surface area contributed by atoms with Crippen LogP contribution in [-0.2, 0) is 9.53 Å². The number of fused-ring (bicyclic) bond motifs is 1. The van der Waals surface area contributed by atoms with Crippen molar-refractivity contribution in [3.63, 3.8) is 0 Å². The fraction of sp³-hybridized carbons (Fsp3) is 0.261. The van der Waals surface area contributed by atoms with Crippen molar-refractivity contribution >= 4 is 34.5 Å². The Morgan fingerprint density at radius 1 is 0.968 bits per heavy atom. The third kappa shape index (κ3) is 5.03. The van der Waals surface area contributed by atoms with Crippen molar-refractivity contribution in [1.29, 1.82) is 0 Å². The van der Waals surface area contributed by atoms with Gasteiger partial charge in [0.05, 0.1) is 27.8 Å². The molecule has 2 amide bonds. The van der Waals surface area contributed by atoms with Gasteiger partial charge >= 0.3 is 5.97 Å². The summed E-state index contributed by atoms with van der Waals surface area (Å²) in [4.78, 5) is 45.5. The van der Waals surface area contributed by atoms with E-state index < -0.39 is 18.5 Å². The first kappa shape index (κ1) is 20.5. The van der Waals surface area contributed by atoms with Crippen LogP contribution in [0.5, 0.6) is 0 Å². The third-order valence-corrected chi connectivity index (χ3v) is 5.18. The number of anilines is 1. The van der Waals surface area contributed by atoms with E-state index >= 15 is 0 Å². The number of rotatable bonds is 6. The number of carbonyl (C=O) groups excluding carboxylic acids is 3. The van der Waals surface area contributed by atoms with Crippen molar-refractivity contribution in [2.75, 3.05) is 11.9 Å². The lowest BCUT2D eigenvalue weighted by Gasteiger charge is -2.15. The van der Waals surface area contributed by atoms with Crippen molar-refractivity contribution in [2.45, 2.75) is 31.7 Å². The molecule has 0 unspecified atom stereocenters. The van der Waals surface area contributed by atoms with E-state index in [1.54, 1.807) is 48.7 Å². The minimum absolute atomic E-state index is 0.170. The first-order chi connectivity index (χ1) is 15.1. The first-order valence-corrected chi connectivity index (χ1v) is 10.2. The van der Waals surface area contributed by atoms with Gasteiger partial charge in [0.2, 0.25) is 0 Å². The summed E-state index contributed by atoms with van der Waals surface area (Å²) < 4.78 is 5.12. The lowest BCUT2D eigenvalue weighted by molar-refractivity contribution is -0.119. The molecule has 0 bridgehead atoms. The Kier molecular flexibility index (Phi) is 6.16. The molecule has 1 aromatic heterocycles. The number of aromatic nitrogens is 2. The molecule has 0 saturated heterocycles. The smallest absolute Gasteiger partial charge is 0.338 e. The van der Waals surface area contributed by atoms with Gasteiger partial charge in [-0.15, -0.1) is 0 Å². The van der Waals surface area contributed by atoms with E-state index in [9.17, 15) is 14.4 Å². The highest BCUT2D eigenvalue weighted by atomic mass is 16.5. The summed E-state index contributed by atoms with van der Waals surface area (Å²) in [5, 5.41) is 5.66. The lowest BCUT2D eigenvalue weighted by Crippen LogP contribution is -2.33. The van der Waals surface area contributed by atoms with E-state index in [1.807, 2.05) is 0 Å². The number of nitrogens with zero attached hydrogens (tertiary/aromatic N) is 2. The van der Waals surface area contributed by atoms with Crippen LogP contribution in [0.25, 0.3) is 11.0 Å². The van der Waals surface area contributed by atoms with E-state index in [-0.39, 0.29) is 17.5 Å². The Morgan fingerprint density at radius 3 is 2.52 bits per heavy atom. The van der Waals surface area contributed by atoms with Gasteiger partial charge in [0.25, 0.3) is 11.8 Å². The highest BCUT2D eigenvalue weighted by molar-refractivity contribution is 6.04. The fourth-order valence-corrected chi connectivity index (χ4v) is 3.61. The number of esters is 1. The molecule has 0 spiro atoms. The molecule has 0 aliphatic heterocycles. The van der Waals surface area contributed by atoms with Crippen molar-refractivity contribution < 1.29 is 19.1 Å². The number of para-hydroxylation sites is 1.